The highest BCUT2D eigenvalue weighted by atomic mass is 15.2. The van der Waals surface area contributed by atoms with Gasteiger partial charge < -0.3 is 10.6 Å². The van der Waals surface area contributed by atoms with Crippen LogP contribution in [0.3, 0.4) is 0 Å². The number of nitrogens with zero attached hydrogens (tertiary/aromatic N) is 3. The quantitative estimate of drug-likeness (QED) is 0.888. The molecule has 0 saturated heterocycles. The lowest BCUT2D eigenvalue weighted by atomic mass is 10.1. The normalized spacial score (nSPS) is 10.5. The fourth-order valence-electron chi connectivity index (χ4n) is 1.88. The molecule has 2 aromatic rings. The molecule has 4 nitrogen and oxygen atoms in total. The highest BCUT2D eigenvalue weighted by Crippen LogP contribution is 2.11. The first-order chi connectivity index (χ1) is 9.19. The molecule has 0 spiro atoms. The van der Waals surface area contributed by atoms with Crippen molar-refractivity contribution in [3.05, 3.63) is 53.3 Å². The molecule has 4 heteroatoms. The Bertz CT molecular complexity index is 505. The number of aryl methyl sites for hydroxylation is 1. The first kappa shape index (κ1) is 13.5. The Balaban J connectivity index is 2.02. The molecule has 0 aliphatic heterocycles. The van der Waals surface area contributed by atoms with Crippen molar-refractivity contribution in [2.75, 3.05) is 18.5 Å². The van der Waals surface area contributed by atoms with Crippen molar-refractivity contribution in [2.24, 2.45) is 5.73 Å². The summed E-state index contributed by atoms with van der Waals surface area (Å²) in [5.41, 5.74) is 9.11. The molecule has 2 N–H and O–H groups in total. The second kappa shape index (κ2) is 6.29. The summed E-state index contributed by atoms with van der Waals surface area (Å²) in [5, 5.41) is 0. The van der Waals surface area contributed by atoms with E-state index in [0.29, 0.717) is 6.54 Å². The van der Waals surface area contributed by atoms with Crippen LogP contribution in [0.15, 0.2) is 36.7 Å². The second-order valence-corrected chi connectivity index (χ2v) is 4.77. The summed E-state index contributed by atoms with van der Waals surface area (Å²) < 4.78 is 0. The second-order valence-electron chi connectivity index (χ2n) is 4.77. The van der Waals surface area contributed by atoms with Crippen LogP contribution in [0.4, 0.5) is 5.95 Å². The van der Waals surface area contributed by atoms with Gasteiger partial charge in [0.25, 0.3) is 0 Å². The Morgan fingerprint density at radius 1 is 1.05 bits per heavy atom. The third-order valence-corrected chi connectivity index (χ3v) is 3.01. The van der Waals surface area contributed by atoms with Crippen molar-refractivity contribution in [2.45, 2.75) is 19.9 Å². The van der Waals surface area contributed by atoms with Gasteiger partial charge in [-0.25, -0.2) is 9.97 Å². The van der Waals surface area contributed by atoms with E-state index >= 15 is 0 Å². The molecule has 0 radical (unpaired) electrons. The summed E-state index contributed by atoms with van der Waals surface area (Å²) in [6.07, 6.45) is 4.52. The standard InChI is InChI=1S/C15H20N4/c1-12-3-5-13(6-4-12)11-19(2)15-17-9-14(7-8-16)10-18-15/h3-6,9-10H,7-8,11,16H2,1-2H3. The van der Waals surface area contributed by atoms with E-state index in [0.717, 1.165) is 24.5 Å². The number of benzene rings is 1. The van der Waals surface area contributed by atoms with Gasteiger partial charge in [0.05, 0.1) is 0 Å². The highest BCUT2D eigenvalue weighted by molar-refractivity contribution is 5.32. The summed E-state index contributed by atoms with van der Waals surface area (Å²) in [6, 6.07) is 8.51. The minimum atomic E-state index is 0.627. The van der Waals surface area contributed by atoms with E-state index in [1.54, 1.807) is 0 Å². The third-order valence-electron chi connectivity index (χ3n) is 3.01. The van der Waals surface area contributed by atoms with Crippen LogP contribution in [0.5, 0.6) is 0 Å². The Labute approximate surface area is 114 Å². The molecule has 1 aromatic carbocycles. The fourth-order valence-corrected chi connectivity index (χ4v) is 1.88. The number of hydrogen-bond acceptors (Lipinski definition) is 4. The predicted molar refractivity (Wildman–Crippen MR) is 78.1 cm³/mol. The first-order valence-corrected chi connectivity index (χ1v) is 6.46. The van der Waals surface area contributed by atoms with Crippen LogP contribution in [0, 0.1) is 6.92 Å². The largest absolute Gasteiger partial charge is 0.340 e. The smallest absolute Gasteiger partial charge is 0.225 e. The maximum atomic E-state index is 5.51. The zero-order valence-electron chi connectivity index (χ0n) is 11.5. The molecule has 0 saturated carbocycles. The average Bonchev–Trinajstić information content (AvgIpc) is 2.42. The van der Waals surface area contributed by atoms with Gasteiger partial charge in [0.1, 0.15) is 0 Å². The molecule has 1 heterocycles. The lowest BCUT2D eigenvalue weighted by Crippen LogP contribution is -2.19. The molecule has 100 valence electrons. The number of nitrogens with two attached hydrogens (primary N) is 1. The summed E-state index contributed by atoms with van der Waals surface area (Å²) in [6.45, 7) is 3.52. The number of hydrogen-bond donors (Lipinski definition) is 1. The van der Waals surface area contributed by atoms with Gasteiger partial charge in [-0.05, 0) is 31.0 Å². The lowest BCUT2D eigenvalue weighted by molar-refractivity contribution is 0.853. The van der Waals surface area contributed by atoms with Gasteiger partial charge in [-0.15, -0.1) is 0 Å². The first-order valence-electron chi connectivity index (χ1n) is 6.46. The highest BCUT2D eigenvalue weighted by Gasteiger charge is 2.05. The lowest BCUT2D eigenvalue weighted by Gasteiger charge is -2.17. The molecule has 0 unspecified atom stereocenters. The molecule has 2 rings (SSSR count). The van der Waals surface area contributed by atoms with Gasteiger partial charge in [-0.2, -0.15) is 0 Å². The van der Waals surface area contributed by atoms with Crippen molar-refractivity contribution in [1.82, 2.24) is 9.97 Å². The van der Waals surface area contributed by atoms with Crippen LogP contribution < -0.4 is 10.6 Å². The molecule has 0 fully saturated rings. The minimum Gasteiger partial charge on any atom is -0.340 e. The van der Waals surface area contributed by atoms with E-state index in [4.69, 9.17) is 5.73 Å². The van der Waals surface area contributed by atoms with Gasteiger partial charge in [-0.3, -0.25) is 0 Å². The molecule has 0 aliphatic rings. The molecule has 1 aromatic heterocycles. The van der Waals surface area contributed by atoms with E-state index in [-0.39, 0.29) is 0 Å². The SMILES string of the molecule is Cc1ccc(CN(C)c2ncc(CCN)cn2)cc1. The van der Waals surface area contributed by atoms with Crippen LogP contribution in [0.1, 0.15) is 16.7 Å². The molecule has 0 aliphatic carbocycles. The van der Waals surface area contributed by atoms with Crippen molar-refractivity contribution >= 4 is 5.95 Å². The molecular formula is C15H20N4. The minimum absolute atomic E-state index is 0.627. The summed E-state index contributed by atoms with van der Waals surface area (Å²) >= 11 is 0. The monoisotopic (exact) mass is 256 g/mol. The van der Waals surface area contributed by atoms with Crippen LogP contribution in [-0.4, -0.2) is 23.6 Å². The maximum Gasteiger partial charge on any atom is 0.225 e. The maximum absolute atomic E-state index is 5.51. The zero-order chi connectivity index (χ0) is 13.7. The van der Waals surface area contributed by atoms with Crippen LogP contribution in [0.2, 0.25) is 0 Å². The number of rotatable bonds is 5. The van der Waals surface area contributed by atoms with Crippen LogP contribution in [-0.2, 0) is 13.0 Å². The van der Waals surface area contributed by atoms with Crippen molar-refractivity contribution in [3.8, 4) is 0 Å². The van der Waals surface area contributed by atoms with Gasteiger partial charge in [0.2, 0.25) is 5.95 Å². The van der Waals surface area contributed by atoms with E-state index in [1.807, 2.05) is 24.3 Å². The van der Waals surface area contributed by atoms with E-state index in [2.05, 4.69) is 41.2 Å². The molecule has 19 heavy (non-hydrogen) atoms. The molecular weight excluding hydrogens is 236 g/mol. The van der Waals surface area contributed by atoms with Gasteiger partial charge in [0.15, 0.2) is 0 Å². The number of aromatic nitrogens is 2. The Morgan fingerprint density at radius 3 is 2.26 bits per heavy atom. The van der Waals surface area contributed by atoms with Gasteiger partial charge in [-0.1, -0.05) is 29.8 Å². The van der Waals surface area contributed by atoms with Crippen molar-refractivity contribution < 1.29 is 0 Å². The molecule has 0 atom stereocenters. The summed E-state index contributed by atoms with van der Waals surface area (Å²) in [5.74, 6) is 0.737. The predicted octanol–water partition coefficient (Wildman–Crippen LogP) is 1.92. The van der Waals surface area contributed by atoms with Crippen molar-refractivity contribution in [3.63, 3.8) is 0 Å². The molecule has 0 amide bonds. The fraction of sp³-hybridized carbons (Fsp3) is 0.333. The summed E-state index contributed by atoms with van der Waals surface area (Å²) in [4.78, 5) is 10.8. The third kappa shape index (κ3) is 3.76. The number of anilines is 1. The van der Waals surface area contributed by atoms with Crippen LogP contribution in [0.25, 0.3) is 0 Å². The van der Waals surface area contributed by atoms with Gasteiger partial charge >= 0.3 is 0 Å². The van der Waals surface area contributed by atoms with E-state index in [9.17, 15) is 0 Å². The average molecular weight is 256 g/mol. The van der Waals surface area contributed by atoms with Crippen molar-refractivity contribution in [1.29, 1.82) is 0 Å². The topological polar surface area (TPSA) is 55.0 Å². The molecule has 0 bridgehead atoms. The summed E-state index contributed by atoms with van der Waals surface area (Å²) in [7, 11) is 2.00. The van der Waals surface area contributed by atoms with Crippen LogP contribution >= 0.6 is 0 Å². The Hall–Kier alpha value is -1.94. The Morgan fingerprint density at radius 2 is 1.68 bits per heavy atom. The van der Waals surface area contributed by atoms with E-state index in [1.165, 1.54) is 11.1 Å². The van der Waals surface area contributed by atoms with E-state index < -0.39 is 0 Å². The Kier molecular flexibility index (Phi) is 4.47. The van der Waals surface area contributed by atoms with Gasteiger partial charge in [0, 0.05) is 26.0 Å². The zero-order valence-corrected chi connectivity index (χ0v) is 11.5.